The lowest BCUT2D eigenvalue weighted by Gasteiger charge is -2.39. The fraction of sp³-hybridized carbons (Fsp3) is 0.610. The predicted octanol–water partition coefficient (Wildman–Crippen LogP) is 3.15. The number of aliphatic hydroxyl groups is 1. The van der Waals surface area contributed by atoms with Crippen LogP contribution in [0.5, 0.6) is 0 Å². The molecule has 2 aliphatic rings. The number of rotatable bonds is 18. The Morgan fingerprint density at radius 1 is 0.448 bits per heavy atom. The molecule has 27 nitrogen and oxygen atoms in total. The van der Waals surface area contributed by atoms with E-state index in [-0.39, 0.29) is 56.3 Å². The third-order valence-corrected chi connectivity index (χ3v) is 20.7. The van der Waals surface area contributed by atoms with Crippen molar-refractivity contribution in [2.45, 2.75) is 212 Å². The third-order valence-electron chi connectivity index (χ3n) is 19.7. The molecule has 0 aliphatic carbocycles. The Kier molecular flexibility index (Phi) is 33.1. The van der Waals surface area contributed by atoms with Crippen LogP contribution in [-0.4, -0.2) is 259 Å². The van der Waals surface area contributed by atoms with Gasteiger partial charge in [-0.05, 0) is 99.2 Å². The quantitative estimate of drug-likeness (QED) is 0.107. The molecule has 580 valence electrons. The molecule has 12 amide bonds. The summed E-state index contributed by atoms with van der Waals surface area (Å²) in [5.41, 5.74) is 1.79. The second-order valence-corrected chi connectivity index (χ2v) is 32.4. The van der Waals surface area contributed by atoms with E-state index in [9.17, 15) is 37.5 Å². The highest BCUT2D eigenvalue weighted by molar-refractivity contribution is 7.90. The van der Waals surface area contributed by atoms with Crippen LogP contribution in [-0.2, 0) is 86.6 Å². The maximum Gasteiger partial charge on any atom is 0.246 e. The van der Waals surface area contributed by atoms with Gasteiger partial charge in [-0.2, -0.15) is 0 Å². The molecule has 0 aromatic heterocycles. The molecule has 2 fully saturated rings. The fourth-order valence-corrected chi connectivity index (χ4v) is 13.9. The second kappa shape index (κ2) is 40.1. The van der Waals surface area contributed by atoms with Crippen LogP contribution in [0.3, 0.4) is 0 Å². The smallest absolute Gasteiger partial charge is 0.246 e. The van der Waals surface area contributed by atoms with Gasteiger partial charge < -0.3 is 66.0 Å². The lowest BCUT2D eigenvalue weighted by Crippen LogP contribution is -2.63. The fourth-order valence-electron chi connectivity index (χ4n) is 13.3. The van der Waals surface area contributed by atoms with E-state index >= 15 is 33.6 Å². The number of nitrogens with one attached hydrogen (secondary N) is 5. The largest absolute Gasteiger partial charge is 0.391 e. The third kappa shape index (κ3) is 25.2. The van der Waals surface area contributed by atoms with E-state index in [2.05, 4.69) is 26.6 Å². The van der Waals surface area contributed by atoms with Crippen LogP contribution in [0, 0.1) is 23.7 Å². The number of hydrogen-bond acceptors (Lipinski definition) is 15. The molecule has 3 aromatic rings. The van der Waals surface area contributed by atoms with Crippen LogP contribution >= 0.6 is 0 Å². The molecule has 2 saturated heterocycles. The Bertz CT molecular complexity index is 3580. The van der Waals surface area contributed by atoms with Gasteiger partial charge in [0.2, 0.25) is 70.9 Å². The number of likely N-dealkylation sites (N-methyl/N-ethyl adjacent to an activating group) is 6. The summed E-state index contributed by atoms with van der Waals surface area (Å²) in [5.74, 6) is -11.8. The van der Waals surface area contributed by atoms with Gasteiger partial charge in [0.15, 0.2) is 0 Å². The van der Waals surface area contributed by atoms with Crippen molar-refractivity contribution in [3.05, 3.63) is 108 Å². The van der Waals surface area contributed by atoms with Gasteiger partial charge in [-0.25, -0.2) is 8.42 Å². The number of likely N-dealkylation sites (tertiary alicyclic amines) is 1. The Morgan fingerprint density at radius 3 is 1.32 bits per heavy atom. The van der Waals surface area contributed by atoms with Crippen molar-refractivity contribution in [3.8, 4) is 0 Å². The molecule has 0 radical (unpaired) electrons. The molecule has 0 spiro atoms. The molecule has 12 atom stereocenters. The molecular weight excluding hydrogens is 1360 g/mol. The van der Waals surface area contributed by atoms with Gasteiger partial charge in [0.1, 0.15) is 76.3 Å². The minimum absolute atomic E-state index is 0.000374. The van der Waals surface area contributed by atoms with Gasteiger partial charge in [-0.15, -0.1) is 0 Å². The second-order valence-electron chi connectivity index (χ2n) is 30.1. The number of aliphatic hydroxyl groups excluding tert-OH is 1. The zero-order valence-electron chi connectivity index (χ0n) is 64.5. The monoisotopic (exact) mass is 1480 g/mol. The van der Waals surface area contributed by atoms with Gasteiger partial charge in [-0.1, -0.05) is 146 Å². The summed E-state index contributed by atoms with van der Waals surface area (Å²) in [6.07, 6.45) is -0.177. The molecule has 0 saturated carbocycles. The van der Waals surface area contributed by atoms with Crippen LogP contribution in [0.4, 0.5) is 0 Å². The van der Waals surface area contributed by atoms with Crippen LogP contribution < -0.4 is 26.6 Å². The van der Waals surface area contributed by atoms with E-state index in [0.29, 0.717) is 42.6 Å². The topological polar surface area (TPSA) is 342 Å². The highest BCUT2D eigenvalue weighted by Crippen LogP contribution is 2.25. The first-order valence-corrected chi connectivity index (χ1v) is 38.7. The first-order chi connectivity index (χ1) is 49.2. The average Bonchev–Trinajstić information content (AvgIpc) is 0.810. The van der Waals surface area contributed by atoms with Gasteiger partial charge in [0.25, 0.3) is 0 Å². The van der Waals surface area contributed by atoms with Crippen molar-refractivity contribution in [3.63, 3.8) is 0 Å². The van der Waals surface area contributed by atoms with Gasteiger partial charge >= 0.3 is 0 Å². The van der Waals surface area contributed by atoms with E-state index in [1.165, 1.54) is 75.7 Å². The van der Waals surface area contributed by atoms with Crippen LogP contribution in [0.15, 0.2) is 91.0 Å². The van der Waals surface area contributed by atoms with E-state index in [4.69, 9.17) is 0 Å². The van der Waals surface area contributed by atoms with Crippen molar-refractivity contribution in [1.29, 1.82) is 0 Å². The van der Waals surface area contributed by atoms with Gasteiger partial charge in [0, 0.05) is 80.9 Å². The first kappa shape index (κ1) is 86.8. The normalized spacial score (nSPS) is 25.1. The minimum Gasteiger partial charge on any atom is -0.391 e. The highest BCUT2D eigenvalue weighted by atomic mass is 32.2. The van der Waals surface area contributed by atoms with Crippen molar-refractivity contribution in [2.24, 2.45) is 23.7 Å². The summed E-state index contributed by atoms with van der Waals surface area (Å²) in [6.45, 7) is 17.4. The van der Waals surface area contributed by atoms with Crippen molar-refractivity contribution >= 4 is 80.7 Å². The number of carbonyl (C=O) groups is 12. The molecule has 105 heavy (non-hydrogen) atoms. The zero-order chi connectivity index (χ0) is 78.5. The summed E-state index contributed by atoms with van der Waals surface area (Å²) >= 11 is 0. The van der Waals surface area contributed by atoms with Gasteiger partial charge in [-0.3, -0.25) is 57.5 Å². The van der Waals surface area contributed by atoms with Crippen LogP contribution in [0.25, 0.3) is 0 Å². The van der Waals surface area contributed by atoms with Crippen molar-refractivity contribution < 1.29 is 71.1 Å². The number of amides is 12. The summed E-state index contributed by atoms with van der Waals surface area (Å²) in [5, 5.41) is 25.0. The van der Waals surface area contributed by atoms with Crippen LogP contribution in [0.2, 0.25) is 0 Å². The van der Waals surface area contributed by atoms with E-state index in [1.54, 1.807) is 119 Å². The molecule has 28 heteroatoms. The standard InChI is InChI=1S/C77H116N12O15S/c1-47(2)40-59-67(92)78-56(36-39-105(17,103)104)72(97)85(13)61(44-54-32-24-19-25-33-54)68(93)79-57(43-53-30-22-18-23-31-53)73(98)87(15)62(42-49(5)6)75(100)88(16)63(45-55-34-26-20-27-35-55)76(101)86(14)60(41-48(3)4)69(94)82-66(52(10)90)70(95)80-58(74(99)89-37-28-21-29-38-89)46-64(91)81-65(50(7)8)77(102)83(11)51(9)71(96)84(59)12/h18-20,22-27,30-35,47-52,56-63,65-66,90H,21,28-29,36-46H2,1-17H3,(H,78,92)(H,79,93)(H,80,95)(H,81,91)(H,82,94)/t51-,52+,56-,57-,58-,59-,60-,61-,62-,63-,65+,66-/m0/s1. The van der Waals surface area contributed by atoms with Crippen molar-refractivity contribution in [2.75, 3.05) is 67.4 Å². The number of carbonyl (C=O) groups excluding carboxylic acids is 12. The Labute approximate surface area is 620 Å². The molecule has 5 rings (SSSR count). The molecule has 2 aliphatic heterocycles. The first-order valence-electron chi connectivity index (χ1n) is 36.6. The van der Waals surface area contributed by atoms with E-state index < -0.39 is 178 Å². The predicted molar refractivity (Wildman–Crippen MR) is 399 cm³/mol. The lowest BCUT2D eigenvalue weighted by molar-refractivity contribution is -0.153. The maximum atomic E-state index is 15.7. The summed E-state index contributed by atoms with van der Waals surface area (Å²) in [4.78, 5) is 190. The Balaban J connectivity index is 1.75. The number of hydrogen-bond donors (Lipinski definition) is 6. The average molecular weight is 1480 g/mol. The molecule has 6 N–H and O–H groups in total. The number of sulfone groups is 1. The summed E-state index contributed by atoms with van der Waals surface area (Å²) < 4.78 is 26.0. The Morgan fingerprint density at radius 2 is 0.848 bits per heavy atom. The van der Waals surface area contributed by atoms with Crippen LogP contribution in [0.1, 0.15) is 137 Å². The maximum absolute atomic E-state index is 15.7. The summed E-state index contributed by atoms with van der Waals surface area (Å²) in [6, 6.07) is 10.2. The highest BCUT2D eigenvalue weighted by Gasteiger charge is 2.45. The minimum atomic E-state index is -3.84. The molecule has 0 unspecified atom stereocenters. The molecule has 3 aromatic carbocycles. The zero-order valence-corrected chi connectivity index (χ0v) is 65.3. The molecule has 2 heterocycles. The molecule has 0 bridgehead atoms. The van der Waals surface area contributed by atoms with Crippen molar-refractivity contribution in [1.82, 2.24) is 60.9 Å². The lowest BCUT2D eigenvalue weighted by atomic mass is 9.96. The number of benzene rings is 3. The Hall–Kier alpha value is -8.79. The van der Waals surface area contributed by atoms with E-state index in [1.807, 2.05) is 27.7 Å². The number of nitrogens with zero attached hydrogens (tertiary/aromatic N) is 7. The summed E-state index contributed by atoms with van der Waals surface area (Å²) in [7, 11) is 4.39. The number of piperidine rings is 1. The molecular formula is C77H116N12O15S. The SMILES string of the molecule is CC(C)C[C@H]1C(=O)N(C)[C@@H](Cc2ccccc2)C(=O)N(C)[C@@H](CC(C)C)C(=O)N[C@@H]([C@@H](C)O)C(=O)N[C@H](C(=O)N2CCCCC2)CC(=O)N[C@H](C(C)C)C(=O)N(C)[C@@H](C)C(=O)N(C)[C@@H](CC(C)C)C(=O)N[C@@H](CCS(C)(=O)=O)C(=O)N(C)[C@@H](Cc2ccccc2)C(=O)N[C@@H](Cc2ccccc2)C(=O)N1C. The van der Waals surface area contributed by atoms with E-state index in [0.717, 1.165) is 27.4 Å². The van der Waals surface area contributed by atoms with Gasteiger partial charge in [0.05, 0.1) is 18.3 Å².